The van der Waals surface area contributed by atoms with Gasteiger partial charge in [-0.2, -0.15) is 0 Å². The quantitative estimate of drug-likeness (QED) is 0.863. The number of carbonyl (C=O) groups excluding carboxylic acids is 2. The molecule has 0 aliphatic carbocycles. The van der Waals surface area contributed by atoms with Crippen LogP contribution in [0.25, 0.3) is 0 Å². The van der Waals surface area contributed by atoms with Gasteiger partial charge in [0.1, 0.15) is 17.4 Å². The van der Waals surface area contributed by atoms with Crippen LogP contribution in [0.5, 0.6) is 5.75 Å². The van der Waals surface area contributed by atoms with Gasteiger partial charge in [-0.25, -0.2) is 8.78 Å². The summed E-state index contributed by atoms with van der Waals surface area (Å²) >= 11 is 0. The monoisotopic (exact) mass is 305 g/mol. The molecule has 0 atom stereocenters. The molecule has 0 unspecified atom stereocenters. The Morgan fingerprint density at radius 2 is 1.82 bits per heavy atom. The van der Waals surface area contributed by atoms with Gasteiger partial charge >= 0.3 is 0 Å². The number of hydrogen-bond acceptors (Lipinski definition) is 3. The Morgan fingerprint density at radius 1 is 1.09 bits per heavy atom. The second-order valence-corrected chi connectivity index (χ2v) is 4.54. The van der Waals surface area contributed by atoms with Crippen molar-refractivity contribution in [3.63, 3.8) is 0 Å². The number of carbonyl (C=O) groups is 2. The Kier molecular flexibility index (Phi) is 4.83. The summed E-state index contributed by atoms with van der Waals surface area (Å²) in [6.07, 6.45) is 0. The number of halogens is 2. The van der Waals surface area contributed by atoms with Gasteiger partial charge in [0.2, 0.25) is 0 Å². The fraction of sp³-hybridized carbons (Fsp3) is 0.125. The summed E-state index contributed by atoms with van der Waals surface area (Å²) in [6.45, 7) is 0.886. The van der Waals surface area contributed by atoms with Crippen LogP contribution in [0.15, 0.2) is 42.5 Å². The Hall–Kier alpha value is -2.76. The average molecular weight is 305 g/mol. The molecular weight excluding hydrogens is 292 g/mol. The summed E-state index contributed by atoms with van der Waals surface area (Å²) in [5, 5.41) is 2.45. The Bertz CT molecular complexity index is 716. The first-order valence-electron chi connectivity index (χ1n) is 6.44. The first kappa shape index (κ1) is 15.6. The maximum Gasteiger partial charge on any atom is 0.262 e. The lowest BCUT2D eigenvalue weighted by atomic mass is 10.1. The van der Waals surface area contributed by atoms with Gasteiger partial charge in [0.25, 0.3) is 5.91 Å². The summed E-state index contributed by atoms with van der Waals surface area (Å²) in [6, 6.07) is 8.86. The van der Waals surface area contributed by atoms with Crippen molar-refractivity contribution in [1.29, 1.82) is 0 Å². The minimum Gasteiger partial charge on any atom is -0.483 e. The van der Waals surface area contributed by atoms with Crippen LogP contribution < -0.4 is 10.1 Å². The molecule has 114 valence electrons. The molecule has 22 heavy (non-hydrogen) atoms. The molecular formula is C16H13F2NO3. The summed E-state index contributed by atoms with van der Waals surface area (Å²) < 4.78 is 31.3. The summed E-state index contributed by atoms with van der Waals surface area (Å²) in [5.74, 6) is -1.83. The van der Waals surface area contributed by atoms with E-state index < -0.39 is 17.5 Å². The number of Topliss-reactive ketones (excluding diaryl/α,β-unsaturated/α-hetero) is 1. The third kappa shape index (κ3) is 4.12. The number of anilines is 1. The van der Waals surface area contributed by atoms with Crippen LogP contribution in [0.3, 0.4) is 0 Å². The molecule has 0 radical (unpaired) electrons. The predicted octanol–water partition coefficient (Wildman–Crippen LogP) is 3.18. The summed E-state index contributed by atoms with van der Waals surface area (Å²) in [7, 11) is 0. The number of benzene rings is 2. The standard InChI is InChI=1S/C16H13F2NO3/c1-10(20)14-8-12(18)5-6-15(14)22-9-16(21)19-13-4-2-3-11(17)7-13/h2-8H,9H2,1H3,(H,19,21). The van der Waals surface area contributed by atoms with Gasteiger partial charge in [0, 0.05) is 5.69 Å². The van der Waals surface area contributed by atoms with Gasteiger partial charge in [0.15, 0.2) is 12.4 Å². The van der Waals surface area contributed by atoms with E-state index in [0.29, 0.717) is 5.69 Å². The molecule has 1 N–H and O–H groups in total. The second-order valence-electron chi connectivity index (χ2n) is 4.54. The predicted molar refractivity (Wildman–Crippen MR) is 76.9 cm³/mol. The van der Waals surface area contributed by atoms with Crippen LogP contribution >= 0.6 is 0 Å². The van der Waals surface area contributed by atoms with Gasteiger partial charge < -0.3 is 10.1 Å². The van der Waals surface area contributed by atoms with E-state index in [1.165, 1.54) is 31.2 Å². The maximum atomic E-state index is 13.1. The molecule has 6 heteroatoms. The van der Waals surface area contributed by atoms with E-state index >= 15 is 0 Å². The largest absolute Gasteiger partial charge is 0.483 e. The zero-order valence-corrected chi connectivity index (χ0v) is 11.7. The van der Waals surface area contributed by atoms with Crippen molar-refractivity contribution in [1.82, 2.24) is 0 Å². The van der Waals surface area contributed by atoms with E-state index in [4.69, 9.17) is 4.74 Å². The number of rotatable bonds is 5. The molecule has 4 nitrogen and oxygen atoms in total. The molecule has 0 bridgehead atoms. The molecule has 0 aliphatic heterocycles. The molecule has 0 spiro atoms. The van der Waals surface area contributed by atoms with Gasteiger partial charge in [-0.15, -0.1) is 0 Å². The number of amides is 1. The van der Waals surface area contributed by atoms with E-state index in [9.17, 15) is 18.4 Å². The molecule has 0 fully saturated rings. The number of ketones is 1. The molecule has 0 saturated heterocycles. The molecule has 0 aromatic heterocycles. The highest BCUT2D eigenvalue weighted by Gasteiger charge is 2.12. The van der Waals surface area contributed by atoms with Gasteiger partial charge in [-0.1, -0.05) is 6.07 Å². The normalized spacial score (nSPS) is 10.1. The van der Waals surface area contributed by atoms with Crippen LogP contribution in [-0.4, -0.2) is 18.3 Å². The van der Waals surface area contributed by atoms with Crippen molar-refractivity contribution in [3.8, 4) is 5.75 Å². The molecule has 0 heterocycles. The van der Waals surface area contributed by atoms with Crippen LogP contribution in [0.4, 0.5) is 14.5 Å². The third-order valence-electron chi connectivity index (χ3n) is 2.79. The van der Waals surface area contributed by atoms with Crippen LogP contribution in [0, 0.1) is 11.6 Å². The van der Waals surface area contributed by atoms with E-state index in [-0.39, 0.29) is 23.7 Å². The highest BCUT2D eigenvalue weighted by molar-refractivity contribution is 5.97. The number of ether oxygens (including phenoxy) is 1. The molecule has 0 aliphatic rings. The summed E-state index contributed by atoms with van der Waals surface area (Å²) in [5.41, 5.74) is 0.345. The van der Waals surface area contributed by atoms with Gasteiger partial charge in [-0.3, -0.25) is 9.59 Å². The fourth-order valence-corrected chi connectivity index (χ4v) is 1.81. The van der Waals surface area contributed by atoms with Crippen molar-refractivity contribution >= 4 is 17.4 Å². The molecule has 2 aromatic carbocycles. The molecule has 0 saturated carbocycles. The van der Waals surface area contributed by atoms with E-state index in [1.54, 1.807) is 0 Å². The highest BCUT2D eigenvalue weighted by Crippen LogP contribution is 2.20. The minimum atomic E-state index is -0.568. The third-order valence-corrected chi connectivity index (χ3v) is 2.79. The lowest BCUT2D eigenvalue weighted by Crippen LogP contribution is -2.20. The van der Waals surface area contributed by atoms with Crippen LogP contribution in [0.2, 0.25) is 0 Å². The second kappa shape index (κ2) is 6.80. The smallest absolute Gasteiger partial charge is 0.262 e. The number of nitrogens with one attached hydrogen (secondary N) is 1. The molecule has 2 aromatic rings. The topological polar surface area (TPSA) is 55.4 Å². The van der Waals surface area contributed by atoms with E-state index in [0.717, 1.165) is 18.2 Å². The number of hydrogen-bond donors (Lipinski definition) is 1. The minimum absolute atomic E-state index is 0.0542. The van der Waals surface area contributed by atoms with Crippen LogP contribution in [0.1, 0.15) is 17.3 Å². The zero-order chi connectivity index (χ0) is 16.1. The van der Waals surface area contributed by atoms with E-state index in [2.05, 4.69) is 5.32 Å². The summed E-state index contributed by atoms with van der Waals surface area (Å²) in [4.78, 5) is 23.1. The molecule has 1 amide bonds. The van der Waals surface area contributed by atoms with Crippen molar-refractivity contribution < 1.29 is 23.1 Å². The first-order valence-corrected chi connectivity index (χ1v) is 6.44. The lowest BCUT2D eigenvalue weighted by molar-refractivity contribution is -0.118. The average Bonchev–Trinajstić information content (AvgIpc) is 2.45. The van der Waals surface area contributed by atoms with E-state index in [1.807, 2.05) is 0 Å². The highest BCUT2D eigenvalue weighted by atomic mass is 19.1. The first-order chi connectivity index (χ1) is 10.5. The Balaban J connectivity index is 2.01. The van der Waals surface area contributed by atoms with Crippen molar-refractivity contribution in [2.75, 3.05) is 11.9 Å². The van der Waals surface area contributed by atoms with Crippen LogP contribution in [-0.2, 0) is 4.79 Å². The van der Waals surface area contributed by atoms with Gasteiger partial charge in [0.05, 0.1) is 5.56 Å². The van der Waals surface area contributed by atoms with Crippen molar-refractivity contribution in [2.45, 2.75) is 6.92 Å². The maximum absolute atomic E-state index is 13.1. The SMILES string of the molecule is CC(=O)c1cc(F)ccc1OCC(=O)Nc1cccc(F)c1. The lowest BCUT2D eigenvalue weighted by Gasteiger charge is -2.10. The van der Waals surface area contributed by atoms with Crippen molar-refractivity contribution in [2.24, 2.45) is 0 Å². The Morgan fingerprint density at radius 3 is 2.50 bits per heavy atom. The van der Waals surface area contributed by atoms with Gasteiger partial charge in [-0.05, 0) is 43.3 Å². The molecule has 2 rings (SSSR count). The zero-order valence-electron chi connectivity index (χ0n) is 11.7. The fourth-order valence-electron chi connectivity index (χ4n) is 1.81. The van der Waals surface area contributed by atoms with Crippen molar-refractivity contribution in [3.05, 3.63) is 59.7 Å². The Labute approximate surface area is 125 Å².